The highest BCUT2D eigenvalue weighted by atomic mass is 32.2. The van der Waals surface area contributed by atoms with Gasteiger partial charge in [0.05, 0.1) is 12.0 Å². The molecule has 0 bridgehead atoms. The van der Waals surface area contributed by atoms with Gasteiger partial charge in [0, 0.05) is 37.0 Å². The van der Waals surface area contributed by atoms with Crippen LogP contribution >= 0.6 is 11.9 Å². The van der Waals surface area contributed by atoms with Crippen LogP contribution in [0.5, 0.6) is 5.75 Å². The van der Waals surface area contributed by atoms with Gasteiger partial charge in [-0.15, -0.1) is 0 Å². The topological polar surface area (TPSA) is 102 Å². The highest BCUT2D eigenvalue weighted by Crippen LogP contribution is 2.34. The van der Waals surface area contributed by atoms with Crippen molar-refractivity contribution in [3.05, 3.63) is 48.3 Å². The molecule has 156 valence electrons. The molecule has 1 aliphatic rings. The first-order valence-electron chi connectivity index (χ1n) is 9.70. The third-order valence-electron chi connectivity index (χ3n) is 5.09. The van der Waals surface area contributed by atoms with Crippen LogP contribution < -0.4 is 14.8 Å². The van der Waals surface area contributed by atoms with E-state index in [0.29, 0.717) is 5.92 Å². The van der Waals surface area contributed by atoms with Crippen molar-refractivity contribution in [1.29, 1.82) is 0 Å². The van der Waals surface area contributed by atoms with Crippen molar-refractivity contribution in [2.24, 2.45) is 5.92 Å². The summed E-state index contributed by atoms with van der Waals surface area (Å²) < 4.78 is 9.52. The number of benzene rings is 1. The number of hydrogen-bond acceptors (Lipinski definition) is 7. The summed E-state index contributed by atoms with van der Waals surface area (Å²) in [5, 5.41) is 16.5. The largest absolute Gasteiger partial charge is 0.492 e. The third kappa shape index (κ3) is 5.49. The van der Waals surface area contributed by atoms with Gasteiger partial charge in [-0.25, -0.2) is 4.98 Å². The highest BCUT2D eigenvalue weighted by molar-refractivity contribution is 7.96. The van der Waals surface area contributed by atoms with Crippen molar-refractivity contribution >= 4 is 23.0 Å². The molecule has 0 aliphatic carbocycles. The number of rotatable bonds is 7. The van der Waals surface area contributed by atoms with Crippen LogP contribution in [0.1, 0.15) is 18.4 Å². The van der Waals surface area contributed by atoms with E-state index in [1.165, 1.54) is 24.0 Å². The Morgan fingerprint density at radius 1 is 1.24 bits per heavy atom. The highest BCUT2D eigenvalue weighted by Gasteiger charge is 2.16. The fraction of sp³-hybridized carbons (Fsp3) is 0.381. The molecule has 4 rings (SSSR count). The normalized spacial score (nSPS) is 16.3. The molecule has 2 aromatic heterocycles. The standard InChI is InChI=1S/C21H26N4OS.H2O2/c1-27-25-12-15-4-6-17(7-5-15)18-13-24-21-20(18)19(8-10-23-21)26-14-16-3-2-9-22-11-16;1-2/h4-8,10,13,16,22,25H,2-3,9,11-12,14H2,1H3,(H,23,24);1-2H. The molecule has 1 aromatic carbocycles. The van der Waals surface area contributed by atoms with Crippen molar-refractivity contribution in [1.82, 2.24) is 20.0 Å². The number of aromatic nitrogens is 2. The first-order valence-corrected chi connectivity index (χ1v) is 10.9. The van der Waals surface area contributed by atoms with Gasteiger partial charge in [0.25, 0.3) is 0 Å². The lowest BCUT2D eigenvalue weighted by Gasteiger charge is -2.23. The summed E-state index contributed by atoms with van der Waals surface area (Å²) in [7, 11) is 0. The van der Waals surface area contributed by atoms with Gasteiger partial charge < -0.3 is 15.0 Å². The second kappa shape index (κ2) is 11.2. The number of nitrogens with zero attached hydrogens (tertiary/aromatic N) is 1. The Morgan fingerprint density at radius 3 is 2.79 bits per heavy atom. The number of nitrogens with one attached hydrogen (secondary N) is 3. The minimum absolute atomic E-state index is 0.576. The predicted octanol–water partition coefficient (Wildman–Crippen LogP) is 3.99. The van der Waals surface area contributed by atoms with Crippen molar-refractivity contribution in [3.63, 3.8) is 0 Å². The average Bonchev–Trinajstić information content (AvgIpc) is 3.23. The van der Waals surface area contributed by atoms with Gasteiger partial charge in [0.15, 0.2) is 0 Å². The van der Waals surface area contributed by atoms with Crippen molar-refractivity contribution in [2.75, 3.05) is 26.0 Å². The molecular weight excluding hydrogens is 388 g/mol. The SMILES string of the molecule is CSNCc1ccc(-c2c[nH]c3nccc(OCC4CCCNC4)c23)cc1.OO. The minimum Gasteiger partial charge on any atom is -0.492 e. The summed E-state index contributed by atoms with van der Waals surface area (Å²) in [6.07, 6.45) is 8.34. The smallest absolute Gasteiger partial charge is 0.141 e. The van der Waals surface area contributed by atoms with E-state index in [-0.39, 0.29) is 0 Å². The van der Waals surface area contributed by atoms with Gasteiger partial charge in [0.2, 0.25) is 0 Å². The third-order valence-corrected chi connectivity index (χ3v) is 5.53. The number of fused-ring (bicyclic) bond motifs is 1. The minimum atomic E-state index is 0.576. The number of hydrogen-bond donors (Lipinski definition) is 5. The van der Waals surface area contributed by atoms with Crippen LogP contribution in [0.15, 0.2) is 42.7 Å². The van der Waals surface area contributed by atoms with E-state index in [1.54, 1.807) is 11.9 Å². The summed E-state index contributed by atoms with van der Waals surface area (Å²) in [4.78, 5) is 7.77. The van der Waals surface area contributed by atoms with Gasteiger partial charge in [-0.05, 0) is 42.8 Å². The second-order valence-electron chi connectivity index (χ2n) is 6.98. The van der Waals surface area contributed by atoms with E-state index in [1.807, 2.05) is 24.7 Å². The molecule has 1 atom stereocenters. The molecule has 3 aromatic rings. The summed E-state index contributed by atoms with van der Waals surface area (Å²) >= 11 is 1.64. The van der Waals surface area contributed by atoms with Gasteiger partial charge >= 0.3 is 0 Å². The Balaban J connectivity index is 0.00000117. The van der Waals surface area contributed by atoms with Crippen LogP contribution in [0.3, 0.4) is 0 Å². The van der Waals surface area contributed by atoms with Crippen LogP contribution in [0, 0.1) is 5.92 Å². The van der Waals surface area contributed by atoms with Crippen molar-refractivity contribution in [3.8, 4) is 16.9 Å². The number of H-pyrrole nitrogens is 1. The van der Waals surface area contributed by atoms with E-state index >= 15 is 0 Å². The van der Waals surface area contributed by atoms with Crippen LogP contribution in [0.4, 0.5) is 0 Å². The Morgan fingerprint density at radius 2 is 2.07 bits per heavy atom. The van der Waals surface area contributed by atoms with Crippen LogP contribution in [0.2, 0.25) is 0 Å². The number of ether oxygens (including phenoxy) is 1. The van der Waals surface area contributed by atoms with Crippen LogP contribution in [-0.4, -0.2) is 46.4 Å². The number of piperidine rings is 1. The lowest BCUT2D eigenvalue weighted by Crippen LogP contribution is -2.33. The van der Waals surface area contributed by atoms with Gasteiger partial charge in [0.1, 0.15) is 11.4 Å². The van der Waals surface area contributed by atoms with E-state index in [9.17, 15) is 0 Å². The summed E-state index contributed by atoms with van der Waals surface area (Å²) in [5.41, 5.74) is 4.45. The summed E-state index contributed by atoms with van der Waals surface area (Å²) in [5.74, 6) is 1.49. The zero-order chi connectivity index (χ0) is 20.5. The van der Waals surface area contributed by atoms with Crippen LogP contribution in [-0.2, 0) is 6.54 Å². The van der Waals surface area contributed by atoms with Gasteiger partial charge in [-0.1, -0.05) is 36.2 Å². The molecule has 0 amide bonds. The van der Waals surface area contributed by atoms with Crippen molar-refractivity contribution in [2.45, 2.75) is 19.4 Å². The lowest BCUT2D eigenvalue weighted by molar-refractivity contribution is -0.176. The molecule has 0 saturated carbocycles. The Kier molecular flexibility index (Phi) is 8.33. The second-order valence-corrected chi connectivity index (χ2v) is 7.68. The predicted molar refractivity (Wildman–Crippen MR) is 118 cm³/mol. The maximum absolute atomic E-state index is 6.24. The van der Waals surface area contributed by atoms with Crippen molar-refractivity contribution < 1.29 is 15.3 Å². The molecule has 1 aliphatic heterocycles. The maximum Gasteiger partial charge on any atom is 0.141 e. The van der Waals surface area contributed by atoms with E-state index in [4.69, 9.17) is 15.3 Å². The average molecular weight is 417 g/mol. The molecule has 7 nitrogen and oxygen atoms in total. The van der Waals surface area contributed by atoms with E-state index in [0.717, 1.165) is 48.6 Å². The Hall–Kier alpha value is -2.10. The number of pyridine rings is 1. The molecule has 0 radical (unpaired) electrons. The Bertz CT molecular complexity index is 879. The Labute approximate surface area is 175 Å². The molecule has 1 saturated heterocycles. The zero-order valence-electron chi connectivity index (χ0n) is 16.5. The summed E-state index contributed by atoms with van der Waals surface area (Å²) in [6, 6.07) is 10.7. The molecule has 8 heteroatoms. The van der Waals surface area contributed by atoms with E-state index in [2.05, 4.69) is 44.3 Å². The lowest BCUT2D eigenvalue weighted by atomic mass is 10.0. The summed E-state index contributed by atoms with van der Waals surface area (Å²) in [6.45, 7) is 3.77. The molecular formula is C21H28N4O3S. The first-order chi connectivity index (χ1) is 14.3. The molecule has 0 spiro atoms. The fourth-order valence-electron chi connectivity index (χ4n) is 3.61. The molecule has 1 fully saturated rings. The van der Waals surface area contributed by atoms with Crippen LogP contribution in [0.25, 0.3) is 22.2 Å². The maximum atomic E-state index is 6.24. The number of aromatic amines is 1. The fourth-order valence-corrected chi connectivity index (χ4v) is 3.92. The molecule has 29 heavy (non-hydrogen) atoms. The first kappa shape index (κ1) is 21.6. The van der Waals surface area contributed by atoms with E-state index < -0.39 is 0 Å². The van der Waals surface area contributed by atoms with Gasteiger partial charge in [-0.2, -0.15) is 0 Å². The molecule has 5 N–H and O–H groups in total. The zero-order valence-corrected chi connectivity index (χ0v) is 17.3. The molecule has 3 heterocycles. The monoisotopic (exact) mass is 416 g/mol. The van der Waals surface area contributed by atoms with Gasteiger partial charge in [-0.3, -0.25) is 15.2 Å². The quantitative estimate of drug-likeness (QED) is 0.225. The molecule has 1 unspecified atom stereocenters.